The van der Waals surface area contributed by atoms with Crippen LogP contribution in [0.1, 0.15) is 36.8 Å². The summed E-state index contributed by atoms with van der Waals surface area (Å²) < 4.78 is 10.8. The molecule has 2 saturated heterocycles. The number of ether oxygens (including phenoxy) is 1. The third-order valence-electron chi connectivity index (χ3n) is 5.06. The maximum atomic E-state index is 5.62. The van der Waals surface area contributed by atoms with Gasteiger partial charge in [0.25, 0.3) is 0 Å². The van der Waals surface area contributed by atoms with E-state index in [1.165, 1.54) is 18.4 Å². The van der Waals surface area contributed by atoms with E-state index < -0.39 is 0 Å². The number of aliphatic imine (C=N–C) groups is 1. The molecule has 6 heteroatoms. The summed E-state index contributed by atoms with van der Waals surface area (Å²) in [6.45, 7) is 11.7. The Hall–Kier alpha value is -1.56. The molecule has 6 nitrogen and oxygen atoms in total. The lowest BCUT2D eigenvalue weighted by Gasteiger charge is -2.25. The van der Waals surface area contributed by atoms with E-state index in [2.05, 4.69) is 22.3 Å². The van der Waals surface area contributed by atoms with Gasteiger partial charge in [0.1, 0.15) is 5.76 Å². The van der Waals surface area contributed by atoms with E-state index in [1.807, 2.05) is 13.8 Å². The number of likely N-dealkylation sites (tertiary alicyclic amines) is 1. The van der Waals surface area contributed by atoms with Gasteiger partial charge >= 0.3 is 0 Å². The van der Waals surface area contributed by atoms with Crippen LogP contribution in [-0.4, -0.2) is 55.4 Å². The number of guanidine groups is 1. The number of hydrogen-bond donors (Lipinski definition) is 1. The number of nitrogens with one attached hydrogen (secondary N) is 1. The van der Waals surface area contributed by atoms with Crippen molar-refractivity contribution >= 4 is 5.96 Å². The highest BCUT2D eigenvalue weighted by Gasteiger charge is 2.42. The van der Waals surface area contributed by atoms with E-state index >= 15 is 0 Å². The molecule has 2 aliphatic rings. The Morgan fingerprint density at radius 1 is 1.39 bits per heavy atom. The van der Waals surface area contributed by atoms with Crippen molar-refractivity contribution in [1.82, 2.24) is 15.4 Å². The van der Waals surface area contributed by atoms with Crippen LogP contribution >= 0.6 is 0 Å². The summed E-state index contributed by atoms with van der Waals surface area (Å²) >= 11 is 0. The van der Waals surface area contributed by atoms with Gasteiger partial charge in [0.2, 0.25) is 0 Å². The van der Waals surface area contributed by atoms with E-state index in [9.17, 15) is 0 Å². The molecule has 3 rings (SSSR count). The largest absolute Gasteiger partial charge is 0.381 e. The van der Waals surface area contributed by atoms with Gasteiger partial charge in [-0.05, 0) is 40.0 Å². The zero-order chi connectivity index (χ0) is 16.3. The van der Waals surface area contributed by atoms with Crippen LogP contribution in [0.4, 0.5) is 0 Å². The van der Waals surface area contributed by atoms with E-state index in [0.717, 1.165) is 63.2 Å². The number of rotatable bonds is 4. The van der Waals surface area contributed by atoms with Crippen molar-refractivity contribution in [1.29, 1.82) is 0 Å². The average molecular weight is 320 g/mol. The molecule has 0 amide bonds. The van der Waals surface area contributed by atoms with Crippen molar-refractivity contribution < 1.29 is 9.26 Å². The summed E-state index contributed by atoms with van der Waals surface area (Å²) in [6, 6.07) is 0. The Morgan fingerprint density at radius 2 is 2.26 bits per heavy atom. The second-order valence-electron chi connectivity index (χ2n) is 6.76. The summed E-state index contributed by atoms with van der Waals surface area (Å²) in [6.07, 6.45) is 3.27. The highest BCUT2D eigenvalue weighted by Crippen LogP contribution is 2.38. The van der Waals surface area contributed by atoms with Crippen LogP contribution in [0, 0.1) is 19.3 Å². The van der Waals surface area contributed by atoms with Crippen LogP contribution in [0.2, 0.25) is 0 Å². The molecule has 1 spiro atoms. The number of aromatic nitrogens is 1. The summed E-state index contributed by atoms with van der Waals surface area (Å²) in [5.74, 6) is 1.94. The zero-order valence-corrected chi connectivity index (χ0v) is 14.5. The lowest BCUT2D eigenvalue weighted by Crippen LogP contribution is -2.41. The minimum Gasteiger partial charge on any atom is -0.381 e. The minimum atomic E-state index is 0.359. The minimum absolute atomic E-state index is 0.359. The second kappa shape index (κ2) is 6.91. The molecule has 23 heavy (non-hydrogen) atoms. The first kappa shape index (κ1) is 16.3. The summed E-state index contributed by atoms with van der Waals surface area (Å²) in [4.78, 5) is 7.22. The van der Waals surface area contributed by atoms with Crippen molar-refractivity contribution in [2.24, 2.45) is 10.4 Å². The molecule has 2 aliphatic heterocycles. The molecule has 0 aliphatic carbocycles. The first-order valence-corrected chi connectivity index (χ1v) is 8.66. The number of aryl methyl sites for hydroxylation is 2. The molecule has 1 atom stereocenters. The maximum Gasteiger partial charge on any atom is 0.193 e. The molecule has 0 aromatic carbocycles. The monoisotopic (exact) mass is 320 g/mol. The predicted molar refractivity (Wildman–Crippen MR) is 89.7 cm³/mol. The van der Waals surface area contributed by atoms with Gasteiger partial charge in [-0.15, -0.1) is 0 Å². The molecule has 0 radical (unpaired) electrons. The van der Waals surface area contributed by atoms with E-state index in [-0.39, 0.29) is 0 Å². The van der Waals surface area contributed by atoms with Crippen LogP contribution in [0.5, 0.6) is 0 Å². The Balaban J connectivity index is 1.62. The molecule has 1 aromatic rings. The van der Waals surface area contributed by atoms with Crippen LogP contribution in [-0.2, 0) is 11.2 Å². The van der Waals surface area contributed by atoms with Crippen LogP contribution in [0.25, 0.3) is 0 Å². The first-order chi connectivity index (χ1) is 11.1. The molecule has 2 fully saturated rings. The summed E-state index contributed by atoms with van der Waals surface area (Å²) in [7, 11) is 0. The highest BCUT2D eigenvalue weighted by atomic mass is 16.5. The maximum absolute atomic E-state index is 5.62. The van der Waals surface area contributed by atoms with Crippen LogP contribution in [0.3, 0.4) is 0 Å². The fraction of sp³-hybridized carbons (Fsp3) is 0.765. The normalized spacial score (nSPS) is 24.8. The van der Waals surface area contributed by atoms with Crippen molar-refractivity contribution in [3.63, 3.8) is 0 Å². The Labute approximate surface area is 138 Å². The van der Waals surface area contributed by atoms with E-state index in [0.29, 0.717) is 5.41 Å². The fourth-order valence-electron chi connectivity index (χ4n) is 3.65. The zero-order valence-electron chi connectivity index (χ0n) is 14.5. The smallest absolute Gasteiger partial charge is 0.193 e. The quantitative estimate of drug-likeness (QED) is 0.678. The Kier molecular flexibility index (Phi) is 4.90. The van der Waals surface area contributed by atoms with Crippen LogP contribution < -0.4 is 5.32 Å². The fourth-order valence-corrected chi connectivity index (χ4v) is 3.65. The highest BCUT2D eigenvalue weighted by molar-refractivity contribution is 5.80. The van der Waals surface area contributed by atoms with Gasteiger partial charge < -0.3 is 19.5 Å². The van der Waals surface area contributed by atoms with Gasteiger partial charge in [0, 0.05) is 43.8 Å². The van der Waals surface area contributed by atoms with Gasteiger partial charge in [-0.2, -0.15) is 0 Å². The average Bonchev–Trinajstić information content (AvgIpc) is 3.24. The van der Waals surface area contributed by atoms with Crippen molar-refractivity contribution in [3.05, 3.63) is 17.0 Å². The molecule has 3 heterocycles. The molecule has 0 bridgehead atoms. The Morgan fingerprint density at radius 3 is 2.91 bits per heavy atom. The van der Waals surface area contributed by atoms with Gasteiger partial charge in [0.15, 0.2) is 5.96 Å². The molecular weight excluding hydrogens is 292 g/mol. The number of nitrogens with zero attached hydrogens (tertiary/aromatic N) is 3. The van der Waals surface area contributed by atoms with Crippen molar-refractivity contribution in [2.75, 3.05) is 39.4 Å². The molecule has 1 unspecified atom stereocenters. The molecule has 1 N–H and O–H groups in total. The molecular formula is C17H28N4O2. The third-order valence-corrected chi connectivity index (χ3v) is 5.06. The standard InChI is InChI=1S/C17H28N4O2/c1-4-18-16(19-8-5-15-13(2)20-23-14(15)3)21-9-6-17(11-21)7-10-22-12-17/h4-12H2,1-3H3,(H,18,19). The van der Waals surface area contributed by atoms with Crippen LogP contribution in [0.15, 0.2) is 9.52 Å². The van der Waals surface area contributed by atoms with Gasteiger partial charge in [-0.25, -0.2) is 0 Å². The second-order valence-corrected chi connectivity index (χ2v) is 6.76. The first-order valence-electron chi connectivity index (χ1n) is 8.66. The van der Waals surface area contributed by atoms with E-state index in [1.54, 1.807) is 0 Å². The SMILES string of the molecule is CCNC(=NCCc1c(C)noc1C)N1CCC2(CCOC2)C1. The molecule has 0 saturated carbocycles. The van der Waals surface area contributed by atoms with Crippen molar-refractivity contribution in [3.8, 4) is 0 Å². The van der Waals surface area contributed by atoms with Crippen molar-refractivity contribution in [2.45, 2.75) is 40.0 Å². The topological polar surface area (TPSA) is 62.9 Å². The summed E-state index contributed by atoms with van der Waals surface area (Å²) in [5, 5.41) is 7.45. The lowest BCUT2D eigenvalue weighted by atomic mass is 9.87. The summed E-state index contributed by atoms with van der Waals surface area (Å²) in [5.41, 5.74) is 2.52. The van der Waals surface area contributed by atoms with Gasteiger partial charge in [-0.3, -0.25) is 4.99 Å². The van der Waals surface area contributed by atoms with Gasteiger partial charge in [0.05, 0.1) is 12.3 Å². The van der Waals surface area contributed by atoms with E-state index in [4.69, 9.17) is 14.3 Å². The predicted octanol–water partition coefficient (Wildman–Crippen LogP) is 1.91. The third kappa shape index (κ3) is 3.52. The number of hydrogen-bond acceptors (Lipinski definition) is 4. The lowest BCUT2D eigenvalue weighted by molar-refractivity contribution is 0.156. The van der Waals surface area contributed by atoms with Gasteiger partial charge in [-0.1, -0.05) is 5.16 Å². The Bertz CT molecular complexity index is 541. The molecule has 128 valence electrons. The molecule has 1 aromatic heterocycles.